The van der Waals surface area contributed by atoms with Crippen molar-refractivity contribution in [2.75, 3.05) is 0 Å². The maximum Gasteiger partial charge on any atom is 0.269 e. The second kappa shape index (κ2) is 6.42. The van der Waals surface area contributed by atoms with Gasteiger partial charge in [-0.25, -0.2) is 0 Å². The molecule has 21 heavy (non-hydrogen) atoms. The molecule has 6 heteroatoms. The molecule has 0 aliphatic carbocycles. The Balaban J connectivity index is 1.96. The molecule has 2 aromatic rings. The highest BCUT2D eigenvalue weighted by molar-refractivity contribution is 5.94. The van der Waals surface area contributed by atoms with Crippen molar-refractivity contribution in [3.05, 3.63) is 75.3 Å². The molecule has 0 aliphatic heterocycles. The van der Waals surface area contributed by atoms with Gasteiger partial charge in [0, 0.05) is 29.8 Å². The van der Waals surface area contributed by atoms with E-state index in [9.17, 15) is 19.7 Å². The van der Waals surface area contributed by atoms with Crippen molar-refractivity contribution in [3.63, 3.8) is 0 Å². The third-order valence-electron chi connectivity index (χ3n) is 2.87. The van der Waals surface area contributed by atoms with Gasteiger partial charge in [-0.15, -0.1) is 0 Å². The van der Waals surface area contributed by atoms with Gasteiger partial charge in [0.1, 0.15) is 0 Å². The van der Waals surface area contributed by atoms with Crippen LogP contribution in [0.4, 0.5) is 5.69 Å². The average Bonchev–Trinajstić information content (AvgIpc) is 2.53. The van der Waals surface area contributed by atoms with E-state index in [-0.39, 0.29) is 18.1 Å². The fourth-order valence-corrected chi connectivity index (χ4v) is 1.71. The van der Waals surface area contributed by atoms with Crippen LogP contribution in [0.5, 0.6) is 0 Å². The first kappa shape index (κ1) is 14.4. The monoisotopic (exact) mass is 283 g/mol. The maximum atomic E-state index is 11.9. The van der Waals surface area contributed by atoms with Gasteiger partial charge in [0.25, 0.3) is 11.6 Å². The second-order valence-electron chi connectivity index (χ2n) is 4.29. The van der Waals surface area contributed by atoms with E-state index in [1.54, 1.807) is 18.4 Å². The molecule has 0 saturated heterocycles. The first-order chi connectivity index (χ1) is 10.1. The summed E-state index contributed by atoms with van der Waals surface area (Å²) in [6.45, 7) is 0.262. The topological polar surface area (TPSA) is 89.3 Å². The molecule has 6 nitrogen and oxygen atoms in total. The van der Waals surface area contributed by atoms with Gasteiger partial charge >= 0.3 is 0 Å². The first-order valence-electron chi connectivity index (χ1n) is 6.10. The number of carbonyl (C=O) groups is 1. The lowest BCUT2D eigenvalue weighted by Crippen LogP contribution is -2.22. The summed E-state index contributed by atoms with van der Waals surface area (Å²) in [7, 11) is 0. The fourth-order valence-electron chi connectivity index (χ4n) is 1.71. The van der Waals surface area contributed by atoms with Gasteiger partial charge in [0.2, 0.25) is 6.29 Å². The van der Waals surface area contributed by atoms with E-state index >= 15 is 0 Å². The Bertz CT molecular complexity index is 663. The Kier molecular flexibility index (Phi) is 4.40. The molecule has 1 radical (unpaired) electrons. The van der Waals surface area contributed by atoms with E-state index in [1.165, 1.54) is 36.4 Å². The third kappa shape index (κ3) is 3.73. The molecule has 1 amide bonds. The van der Waals surface area contributed by atoms with Crippen molar-refractivity contribution in [2.45, 2.75) is 6.54 Å². The fraction of sp³-hybridized carbons (Fsp3) is 0.0667. The standard InChI is InChI=1S/C15H11N2O4/c18-10-12-1-5-13(6-2-12)15(19)16-9-11-3-7-14(8-4-11)17(20)21/h1-8H,9H2,(H,16,19). The van der Waals surface area contributed by atoms with Crippen LogP contribution < -0.4 is 5.32 Å². The van der Waals surface area contributed by atoms with Crippen molar-refractivity contribution in [1.82, 2.24) is 5.32 Å². The quantitative estimate of drug-likeness (QED) is 0.671. The number of amides is 1. The lowest BCUT2D eigenvalue weighted by atomic mass is 10.1. The maximum absolute atomic E-state index is 11.9. The number of nitrogens with zero attached hydrogens (tertiary/aromatic N) is 1. The number of rotatable bonds is 5. The number of nitro benzene ring substituents is 1. The summed E-state index contributed by atoms with van der Waals surface area (Å²) in [5.41, 5.74) is 1.57. The molecule has 0 spiro atoms. The van der Waals surface area contributed by atoms with Crippen molar-refractivity contribution in [1.29, 1.82) is 0 Å². The Labute approximate surface area is 120 Å². The zero-order valence-electron chi connectivity index (χ0n) is 10.9. The third-order valence-corrected chi connectivity index (χ3v) is 2.87. The summed E-state index contributed by atoms with van der Waals surface area (Å²) < 4.78 is 0. The van der Waals surface area contributed by atoms with Gasteiger partial charge in [-0.2, -0.15) is 0 Å². The van der Waals surface area contributed by atoms with Crippen LogP contribution in [0.3, 0.4) is 0 Å². The smallest absolute Gasteiger partial charge is 0.269 e. The molecule has 0 atom stereocenters. The minimum Gasteiger partial charge on any atom is -0.348 e. The van der Waals surface area contributed by atoms with Crippen LogP contribution in [-0.4, -0.2) is 17.1 Å². The van der Waals surface area contributed by atoms with E-state index in [0.29, 0.717) is 11.1 Å². The largest absolute Gasteiger partial charge is 0.348 e. The summed E-state index contributed by atoms with van der Waals surface area (Å²) in [5, 5.41) is 13.2. The van der Waals surface area contributed by atoms with Crippen LogP contribution >= 0.6 is 0 Å². The molecule has 0 aliphatic rings. The van der Waals surface area contributed by atoms with Crippen LogP contribution in [0.15, 0.2) is 48.5 Å². The Morgan fingerprint density at radius 3 is 2.24 bits per heavy atom. The van der Waals surface area contributed by atoms with E-state index in [0.717, 1.165) is 5.56 Å². The van der Waals surface area contributed by atoms with Gasteiger partial charge < -0.3 is 5.32 Å². The molecule has 0 saturated carbocycles. The van der Waals surface area contributed by atoms with Crippen molar-refractivity contribution in [2.24, 2.45) is 0 Å². The van der Waals surface area contributed by atoms with E-state index < -0.39 is 4.92 Å². The second-order valence-corrected chi connectivity index (χ2v) is 4.29. The summed E-state index contributed by atoms with van der Waals surface area (Å²) in [6.07, 6.45) is 1.73. The molecule has 0 fully saturated rings. The highest BCUT2D eigenvalue weighted by atomic mass is 16.6. The number of hydrogen-bond acceptors (Lipinski definition) is 4. The number of non-ortho nitro benzene ring substituents is 1. The summed E-state index contributed by atoms with van der Waals surface area (Å²) in [6, 6.07) is 12.0. The Morgan fingerprint density at radius 1 is 1.10 bits per heavy atom. The number of carbonyl (C=O) groups excluding carboxylic acids is 2. The zero-order valence-corrected chi connectivity index (χ0v) is 10.9. The van der Waals surface area contributed by atoms with Crippen LogP contribution in [0.1, 0.15) is 21.5 Å². The Hall–Kier alpha value is -3.02. The molecule has 2 aromatic carbocycles. The molecule has 0 bridgehead atoms. The van der Waals surface area contributed by atoms with Gasteiger partial charge in [0.15, 0.2) is 0 Å². The molecule has 1 N–H and O–H groups in total. The molecule has 0 aromatic heterocycles. The van der Waals surface area contributed by atoms with Crippen LogP contribution in [0.2, 0.25) is 0 Å². The van der Waals surface area contributed by atoms with E-state index in [4.69, 9.17) is 0 Å². The van der Waals surface area contributed by atoms with Gasteiger partial charge in [-0.3, -0.25) is 19.7 Å². The summed E-state index contributed by atoms with van der Waals surface area (Å²) in [5.74, 6) is -0.286. The molecule has 0 heterocycles. The van der Waals surface area contributed by atoms with Crippen LogP contribution in [0.25, 0.3) is 0 Å². The predicted octanol–water partition coefficient (Wildman–Crippen LogP) is 1.98. The van der Waals surface area contributed by atoms with Crippen molar-refractivity contribution < 1.29 is 14.5 Å². The molecule has 2 rings (SSSR count). The summed E-state index contributed by atoms with van der Waals surface area (Å²) >= 11 is 0. The van der Waals surface area contributed by atoms with Gasteiger partial charge in [0.05, 0.1) is 4.92 Å². The average molecular weight is 283 g/mol. The minimum absolute atomic E-state index is 0.00535. The normalized spacial score (nSPS) is 9.90. The molecular weight excluding hydrogens is 272 g/mol. The van der Waals surface area contributed by atoms with E-state index in [2.05, 4.69) is 5.32 Å². The van der Waals surface area contributed by atoms with Crippen LogP contribution in [-0.2, 0) is 11.3 Å². The predicted molar refractivity (Wildman–Crippen MR) is 75.5 cm³/mol. The zero-order chi connectivity index (χ0) is 15.2. The number of hydrogen-bond donors (Lipinski definition) is 1. The molecule has 105 valence electrons. The highest BCUT2D eigenvalue weighted by Crippen LogP contribution is 2.12. The number of benzene rings is 2. The summed E-state index contributed by atoms with van der Waals surface area (Å²) in [4.78, 5) is 32.3. The number of nitro groups is 1. The lowest BCUT2D eigenvalue weighted by molar-refractivity contribution is -0.384. The lowest BCUT2D eigenvalue weighted by Gasteiger charge is -2.05. The van der Waals surface area contributed by atoms with Gasteiger partial charge in [-0.05, 0) is 17.7 Å². The SMILES string of the molecule is O=[C]c1ccc(C(=O)NCc2ccc([N+](=O)[O-])cc2)cc1. The molecule has 0 unspecified atom stereocenters. The van der Waals surface area contributed by atoms with Crippen molar-refractivity contribution in [3.8, 4) is 0 Å². The van der Waals surface area contributed by atoms with E-state index in [1.807, 2.05) is 0 Å². The first-order valence-corrected chi connectivity index (χ1v) is 6.10. The van der Waals surface area contributed by atoms with Gasteiger partial charge in [-0.1, -0.05) is 24.3 Å². The van der Waals surface area contributed by atoms with Crippen LogP contribution in [0, 0.1) is 10.1 Å². The molecular formula is C15H11N2O4. The minimum atomic E-state index is -0.478. The number of nitrogens with one attached hydrogen (secondary N) is 1. The van der Waals surface area contributed by atoms with Crippen molar-refractivity contribution >= 4 is 17.9 Å². The highest BCUT2D eigenvalue weighted by Gasteiger charge is 2.07. The Morgan fingerprint density at radius 2 is 1.71 bits per heavy atom.